The van der Waals surface area contributed by atoms with Gasteiger partial charge in [-0.1, -0.05) is 19.9 Å². The van der Waals surface area contributed by atoms with Crippen molar-refractivity contribution in [3.05, 3.63) is 36.0 Å². The summed E-state index contributed by atoms with van der Waals surface area (Å²) in [4.78, 5) is 4.46. The van der Waals surface area contributed by atoms with Crippen LogP contribution in [0.25, 0.3) is 10.9 Å². The minimum Gasteiger partial charge on any atom is -0.493 e. The quantitative estimate of drug-likeness (QED) is 0.780. The lowest BCUT2D eigenvalue weighted by Gasteiger charge is -2.09. The standard InChI is InChI=1S/C14H17NO/c1-10(2)9-16-13-6-7-14-12(8-13)5-4-11(3)15-14/h4-8,10H,9H2,1-3H3. The van der Waals surface area contributed by atoms with Crippen LogP contribution in [0.5, 0.6) is 5.75 Å². The number of hydrogen-bond acceptors (Lipinski definition) is 2. The number of aryl methyl sites for hydroxylation is 1. The number of pyridine rings is 1. The normalized spacial score (nSPS) is 11.0. The van der Waals surface area contributed by atoms with Crippen LogP contribution in [0, 0.1) is 12.8 Å². The van der Waals surface area contributed by atoms with Gasteiger partial charge < -0.3 is 4.74 Å². The van der Waals surface area contributed by atoms with Crippen LogP contribution in [-0.4, -0.2) is 11.6 Å². The highest BCUT2D eigenvalue weighted by Gasteiger charge is 2.00. The van der Waals surface area contributed by atoms with E-state index in [1.54, 1.807) is 0 Å². The molecule has 0 aliphatic heterocycles. The molecule has 0 aliphatic carbocycles. The maximum absolute atomic E-state index is 5.68. The van der Waals surface area contributed by atoms with Crippen LogP contribution in [0.4, 0.5) is 0 Å². The van der Waals surface area contributed by atoms with Crippen LogP contribution in [0.1, 0.15) is 19.5 Å². The van der Waals surface area contributed by atoms with Gasteiger partial charge in [-0.3, -0.25) is 4.98 Å². The molecule has 2 aromatic rings. The number of rotatable bonds is 3. The zero-order valence-electron chi connectivity index (χ0n) is 10.0. The van der Waals surface area contributed by atoms with E-state index in [1.165, 1.54) is 0 Å². The van der Waals surface area contributed by atoms with Crippen LogP contribution >= 0.6 is 0 Å². The van der Waals surface area contributed by atoms with E-state index >= 15 is 0 Å². The van der Waals surface area contributed by atoms with Gasteiger partial charge in [0, 0.05) is 11.1 Å². The van der Waals surface area contributed by atoms with Crippen molar-refractivity contribution in [3.63, 3.8) is 0 Å². The largest absolute Gasteiger partial charge is 0.493 e. The van der Waals surface area contributed by atoms with Gasteiger partial charge in [0.15, 0.2) is 0 Å². The first-order valence-electron chi connectivity index (χ1n) is 5.65. The van der Waals surface area contributed by atoms with Crippen molar-refractivity contribution in [1.82, 2.24) is 4.98 Å². The molecule has 0 saturated carbocycles. The molecule has 0 atom stereocenters. The molecule has 2 nitrogen and oxygen atoms in total. The first kappa shape index (κ1) is 10.9. The summed E-state index contributed by atoms with van der Waals surface area (Å²) in [6.07, 6.45) is 0. The zero-order chi connectivity index (χ0) is 11.5. The fourth-order valence-corrected chi connectivity index (χ4v) is 1.56. The summed E-state index contributed by atoms with van der Waals surface area (Å²) in [6.45, 7) is 7.05. The van der Waals surface area contributed by atoms with E-state index in [0.29, 0.717) is 5.92 Å². The third-order valence-electron chi connectivity index (χ3n) is 2.38. The molecule has 0 unspecified atom stereocenters. The maximum atomic E-state index is 5.68. The number of nitrogens with zero attached hydrogens (tertiary/aromatic N) is 1. The van der Waals surface area contributed by atoms with Crippen LogP contribution in [0.3, 0.4) is 0 Å². The Balaban J connectivity index is 2.26. The molecule has 1 aromatic heterocycles. The van der Waals surface area contributed by atoms with Gasteiger partial charge in [-0.25, -0.2) is 0 Å². The molecule has 16 heavy (non-hydrogen) atoms. The van der Waals surface area contributed by atoms with Crippen molar-refractivity contribution in [2.45, 2.75) is 20.8 Å². The van der Waals surface area contributed by atoms with Crippen molar-refractivity contribution >= 4 is 10.9 Å². The lowest BCUT2D eigenvalue weighted by atomic mass is 10.2. The Labute approximate surface area is 96.3 Å². The number of hydrogen-bond donors (Lipinski definition) is 0. The van der Waals surface area contributed by atoms with Gasteiger partial charge in [0.25, 0.3) is 0 Å². The Bertz CT molecular complexity index is 491. The number of aromatic nitrogens is 1. The smallest absolute Gasteiger partial charge is 0.120 e. The Kier molecular flexibility index (Phi) is 3.09. The van der Waals surface area contributed by atoms with Crippen LogP contribution in [0.2, 0.25) is 0 Å². The van der Waals surface area contributed by atoms with Gasteiger partial charge in [-0.05, 0) is 37.1 Å². The summed E-state index contributed by atoms with van der Waals surface area (Å²) in [5.41, 5.74) is 2.07. The zero-order valence-corrected chi connectivity index (χ0v) is 10.0. The molecular weight excluding hydrogens is 198 g/mol. The van der Waals surface area contributed by atoms with Crippen molar-refractivity contribution < 1.29 is 4.74 Å². The predicted molar refractivity (Wildman–Crippen MR) is 66.8 cm³/mol. The monoisotopic (exact) mass is 215 g/mol. The van der Waals surface area contributed by atoms with E-state index < -0.39 is 0 Å². The molecule has 0 amide bonds. The topological polar surface area (TPSA) is 22.1 Å². The average molecular weight is 215 g/mol. The molecular formula is C14H17NO. The van der Waals surface area contributed by atoms with E-state index in [2.05, 4.69) is 24.9 Å². The first-order valence-corrected chi connectivity index (χ1v) is 5.65. The third-order valence-corrected chi connectivity index (χ3v) is 2.38. The highest BCUT2D eigenvalue weighted by Crippen LogP contribution is 2.20. The number of fused-ring (bicyclic) bond motifs is 1. The molecule has 0 saturated heterocycles. The molecule has 0 bridgehead atoms. The van der Waals surface area contributed by atoms with Crippen molar-refractivity contribution in [2.75, 3.05) is 6.61 Å². The SMILES string of the molecule is Cc1ccc2cc(OCC(C)C)ccc2n1. The third kappa shape index (κ3) is 2.51. The molecule has 1 heterocycles. The predicted octanol–water partition coefficient (Wildman–Crippen LogP) is 3.58. The van der Waals surface area contributed by atoms with Crippen molar-refractivity contribution in [2.24, 2.45) is 5.92 Å². The van der Waals surface area contributed by atoms with E-state index in [1.807, 2.05) is 31.2 Å². The van der Waals surface area contributed by atoms with Gasteiger partial charge in [-0.2, -0.15) is 0 Å². The Morgan fingerprint density at radius 1 is 1.19 bits per heavy atom. The summed E-state index contributed by atoms with van der Waals surface area (Å²) >= 11 is 0. The van der Waals surface area contributed by atoms with Gasteiger partial charge in [0.05, 0.1) is 12.1 Å². The summed E-state index contributed by atoms with van der Waals surface area (Å²) in [5, 5.41) is 1.13. The van der Waals surface area contributed by atoms with Crippen LogP contribution in [-0.2, 0) is 0 Å². The Hall–Kier alpha value is -1.57. The Morgan fingerprint density at radius 2 is 2.00 bits per heavy atom. The molecule has 0 spiro atoms. The van der Waals surface area contributed by atoms with Gasteiger partial charge in [0.2, 0.25) is 0 Å². The van der Waals surface area contributed by atoms with Crippen LogP contribution in [0.15, 0.2) is 30.3 Å². The molecule has 84 valence electrons. The second-order valence-corrected chi connectivity index (χ2v) is 4.51. The van der Waals surface area contributed by atoms with Gasteiger partial charge in [0.1, 0.15) is 5.75 Å². The molecule has 0 radical (unpaired) electrons. The fraction of sp³-hybridized carbons (Fsp3) is 0.357. The van der Waals surface area contributed by atoms with Crippen molar-refractivity contribution in [3.8, 4) is 5.75 Å². The second kappa shape index (κ2) is 4.52. The van der Waals surface area contributed by atoms with E-state index in [0.717, 1.165) is 29.0 Å². The molecule has 0 aliphatic rings. The molecule has 2 heteroatoms. The minimum absolute atomic E-state index is 0.548. The highest BCUT2D eigenvalue weighted by molar-refractivity contribution is 5.80. The summed E-state index contributed by atoms with van der Waals surface area (Å²) in [7, 11) is 0. The second-order valence-electron chi connectivity index (χ2n) is 4.51. The lowest BCUT2D eigenvalue weighted by Crippen LogP contribution is -2.04. The van der Waals surface area contributed by atoms with Gasteiger partial charge in [-0.15, -0.1) is 0 Å². The minimum atomic E-state index is 0.548. The molecule has 1 aromatic carbocycles. The van der Waals surface area contributed by atoms with E-state index in [9.17, 15) is 0 Å². The summed E-state index contributed by atoms with van der Waals surface area (Å²) < 4.78 is 5.68. The fourth-order valence-electron chi connectivity index (χ4n) is 1.56. The molecule has 0 N–H and O–H groups in total. The maximum Gasteiger partial charge on any atom is 0.120 e. The molecule has 2 rings (SSSR count). The number of benzene rings is 1. The van der Waals surface area contributed by atoms with Crippen LogP contribution < -0.4 is 4.74 Å². The summed E-state index contributed by atoms with van der Waals surface area (Å²) in [6, 6.07) is 10.1. The number of ether oxygens (including phenoxy) is 1. The summed E-state index contributed by atoms with van der Waals surface area (Å²) in [5.74, 6) is 1.47. The first-order chi connectivity index (χ1) is 7.65. The Morgan fingerprint density at radius 3 is 2.75 bits per heavy atom. The van der Waals surface area contributed by atoms with Gasteiger partial charge >= 0.3 is 0 Å². The highest BCUT2D eigenvalue weighted by atomic mass is 16.5. The lowest BCUT2D eigenvalue weighted by molar-refractivity contribution is 0.271. The van der Waals surface area contributed by atoms with E-state index in [-0.39, 0.29) is 0 Å². The van der Waals surface area contributed by atoms with E-state index in [4.69, 9.17) is 4.74 Å². The molecule has 0 fully saturated rings. The van der Waals surface area contributed by atoms with Crippen molar-refractivity contribution in [1.29, 1.82) is 0 Å². The average Bonchev–Trinajstić information content (AvgIpc) is 2.26.